The van der Waals surface area contributed by atoms with Crippen molar-refractivity contribution in [3.63, 3.8) is 0 Å². The van der Waals surface area contributed by atoms with Crippen molar-refractivity contribution in [2.75, 3.05) is 19.8 Å². The van der Waals surface area contributed by atoms with E-state index < -0.39 is 7.82 Å². The Balaban J connectivity index is 0.00000578. The molecule has 10 heteroatoms. The van der Waals surface area contributed by atoms with Gasteiger partial charge in [0.15, 0.2) is 19.0 Å². The number of thiazole rings is 1. The topological polar surface area (TPSA) is 108 Å². The fourth-order valence-electron chi connectivity index (χ4n) is 3.94. The van der Waals surface area contributed by atoms with Crippen LogP contribution in [0.5, 0.6) is 0 Å². The molecular formula is C24H46NO7PS. The van der Waals surface area contributed by atoms with E-state index in [0.29, 0.717) is 13.2 Å². The van der Waals surface area contributed by atoms with Gasteiger partial charge in [0.25, 0.3) is 0 Å². The Morgan fingerprint density at radius 1 is 1.00 bits per heavy atom. The van der Waals surface area contributed by atoms with Gasteiger partial charge in [0.1, 0.15) is 12.7 Å². The lowest BCUT2D eigenvalue weighted by Crippen LogP contribution is -2.32. The molecule has 1 unspecified atom stereocenters. The molecule has 0 radical (unpaired) electrons. The average Bonchev–Trinajstić information content (AvgIpc) is 3.48. The third-order valence-corrected chi connectivity index (χ3v) is 7.57. The summed E-state index contributed by atoms with van der Waals surface area (Å²) in [6.45, 7) is 3.26. The van der Waals surface area contributed by atoms with Crippen LogP contribution in [0.1, 0.15) is 96.8 Å². The molecule has 1 aliphatic heterocycles. The smallest absolute Gasteiger partial charge is 0.472 e. The summed E-state index contributed by atoms with van der Waals surface area (Å²) >= 11 is 1.55. The van der Waals surface area contributed by atoms with Crippen LogP contribution in [-0.2, 0) is 29.6 Å². The van der Waals surface area contributed by atoms with Gasteiger partial charge in [-0.3, -0.25) is 9.05 Å². The number of phosphoric acid groups is 1. The van der Waals surface area contributed by atoms with Crippen LogP contribution in [0.15, 0.2) is 17.1 Å². The zero-order valence-electron chi connectivity index (χ0n) is 20.9. The normalized spacial score (nSPS) is 19.7. The number of hydrogen-bond donors (Lipinski definition) is 1. The number of phosphoric ester groups is 1. The first kappa shape index (κ1) is 31.6. The van der Waals surface area contributed by atoms with Crippen molar-refractivity contribution in [2.24, 2.45) is 0 Å². The molecule has 200 valence electrons. The minimum atomic E-state index is -4.08. The summed E-state index contributed by atoms with van der Waals surface area (Å²) in [5, 5.41) is 1.93. The highest BCUT2D eigenvalue weighted by Crippen LogP contribution is 2.43. The Morgan fingerprint density at radius 3 is 2.21 bits per heavy atom. The van der Waals surface area contributed by atoms with Gasteiger partial charge in [0.05, 0.1) is 18.6 Å². The van der Waals surface area contributed by atoms with Crippen molar-refractivity contribution in [1.82, 2.24) is 0 Å². The molecular weight excluding hydrogens is 477 g/mol. The highest BCUT2D eigenvalue weighted by Gasteiger charge is 2.30. The molecule has 3 atom stereocenters. The number of aromatic nitrogens is 1. The van der Waals surface area contributed by atoms with Crippen molar-refractivity contribution in [2.45, 2.75) is 116 Å². The second-order valence-electron chi connectivity index (χ2n) is 8.91. The van der Waals surface area contributed by atoms with Crippen LogP contribution >= 0.6 is 19.2 Å². The number of rotatable bonds is 21. The molecule has 8 nitrogen and oxygen atoms in total. The summed E-state index contributed by atoms with van der Waals surface area (Å²) in [6.07, 6.45) is 19.5. The first-order valence-electron chi connectivity index (χ1n) is 12.9. The predicted molar refractivity (Wildman–Crippen MR) is 133 cm³/mol. The van der Waals surface area contributed by atoms with Gasteiger partial charge < -0.3 is 19.8 Å². The third-order valence-electron chi connectivity index (χ3n) is 5.91. The first-order chi connectivity index (χ1) is 16.1. The highest BCUT2D eigenvalue weighted by atomic mass is 32.1. The van der Waals surface area contributed by atoms with Crippen LogP contribution in [0.4, 0.5) is 0 Å². The van der Waals surface area contributed by atoms with Gasteiger partial charge in [-0.05, 0) is 12.8 Å². The van der Waals surface area contributed by atoms with E-state index in [1.807, 2.05) is 21.7 Å². The fourth-order valence-corrected chi connectivity index (χ4v) is 5.31. The number of hydrogen-bond acceptors (Lipinski definition) is 7. The summed E-state index contributed by atoms with van der Waals surface area (Å²) < 4.78 is 35.4. The molecule has 1 aromatic rings. The summed E-state index contributed by atoms with van der Waals surface area (Å²) in [5.74, 6) is 0. The minimum absolute atomic E-state index is 0. The molecule has 0 spiro atoms. The molecule has 1 fully saturated rings. The van der Waals surface area contributed by atoms with Crippen molar-refractivity contribution in [3.8, 4) is 0 Å². The zero-order chi connectivity index (χ0) is 23.6. The van der Waals surface area contributed by atoms with Gasteiger partial charge in [-0.1, -0.05) is 95.3 Å². The number of unbranched alkanes of at least 4 members (excludes halogenated alkanes) is 12. The highest BCUT2D eigenvalue weighted by molar-refractivity contribution is 7.47. The van der Waals surface area contributed by atoms with Crippen LogP contribution < -0.4 is 4.57 Å². The largest absolute Gasteiger partial charge is 0.870 e. The van der Waals surface area contributed by atoms with Gasteiger partial charge in [-0.25, -0.2) is 4.57 Å². The number of ether oxygens (including phenoxy) is 2. The molecule has 0 bridgehead atoms. The maximum Gasteiger partial charge on any atom is 0.472 e. The average molecular weight is 524 g/mol. The first-order valence-corrected chi connectivity index (χ1v) is 15.3. The van der Waals surface area contributed by atoms with E-state index in [9.17, 15) is 9.46 Å². The van der Waals surface area contributed by atoms with E-state index in [1.165, 1.54) is 77.0 Å². The van der Waals surface area contributed by atoms with Gasteiger partial charge in [0, 0.05) is 0 Å². The molecule has 0 aliphatic carbocycles. The van der Waals surface area contributed by atoms with E-state index in [1.54, 1.807) is 11.3 Å². The SMILES string of the molecule is CCCCCCCCCCCCCCC[C@H]1OC[C@H](COP(=O)(O)OCC[n+]2ccsc2)O1.[OH-]. The summed E-state index contributed by atoms with van der Waals surface area (Å²) in [5.41, 5.74) is 1.91. The monoisotopic (exact) mass is 523 g/mol. The van der Waals surface area contributed by atoms with Gasteiger partial charge in [-0.15, -0.1) is 0 Å². The molecule has 34 heavy (non-hydrogen) atoms. The lowest BCUT2D eigenvalue weighted by Gasteiger charge is -2.14. The van der Waals surface area contributed by atoms with Crippen LogP contribution in [-0.4, -0.2) is 42.6 Å². The van der Waals surface area contributed by atoms with E-state index in [4.69, 9.17) is 18.5 Å². The van der Waals surface area contributed by atoms with Crippen molar-refractivity contribution < 1.29 is 38.0 Å². The van der Waals surface area contributed by atoms with E-state index in [2.05, 4.69) is 6.92 Å². The molecule has 0 aromatic carbocycles. The Hall–Kier alpha value is -0.380. The maximum absolute atomic E-state index is 12.0. The standard InChI is InChI=1S/C24H44NO6PS.H2O/c1-2-3-4-5-6-7-8-9-10-11-12-13-14-15-24-28-20-23(31-24)21-30-32(26,27)29-18-16-25-17-19-33-22-25;/h17,19,22-24H,2-16,18,20-21H2,1H3;1H2/t23-,24+;/m1./s1. The van der Waals surface area contributed by atoms with Gasteiger partial charge >= 0.3 is 7.82 Å². The Morgan fingerprint density at radius 2 is 1.62 bits per heavy atom. The third kappa shape index (κ3) is 15.6. The lowest BCUT2D eigenvalue weighted by molar-refractivity contribution is -0.693. The van der Waals surface area contributed by atoms with Crippen molar-refractivity contribution >= 4 is 19.2 Å². The van der Waals surface area contributed by atoms with Crippen molar-refractivity contribution in [1.29, 1.82) is 0 Å². The minimum Gasteiger partial charge on any atom is -0.870 e. The van der Waals surface area contributed by atoms with E-state index in [0.717, 1.165) is 12.8 Å². The van der Waals surface area contributed by atoms with Crippen LogP contribution in [0, 0.1) is 0 Å². The van der Waals surface area contributed by atoms with E-state index in [-0.39, 0.29) is 31.1 Å². The van der Waals surface area contributed by atoms with Crippen molar-refractivity contribution in [3.05, 3.63) is 17.1 Å². The Labute approximate surface area is 209 Å². The molecule has 1 saturated heterocycles. The zero-order valence-corrected chi connectivity index (χ0v) is 22.6. The molecule has 2 rings (SSSR count). The van der Waals surface area contributed by atoms with E-state index >= 15 is 0 Å². The maximum atomic E-state index is 12.0. The van der Waals surface area contributed by atoms with Crippen LogP contribution in [0.3, 0.4) is 0 Å². The summed E-state index contributed by atoms with van der Waals surface area (Å²) in [7, 11) is -4.08. The summed E-state index contributed by atoms with van der Waals surface area (Å²) in [4.78, 5) is 9.81. The molecule has 2 heterocycles. The molecule has 2 N–H and O–H groups in total. The predicted octanol–water partition coefficient (Wildman–Crippen LogP) is 6.22. The fraction of sp³-hybridized carbons (Fsp3) is 0.875. The van der Waals surface area contributed by atoms with Crippen LogP contribution in [0.2, 0.25) is 0 Å². The van der Waals surface area contributed by atoms with Gasteiger partial charge in [0.2, 0.25) is 5.51 Å². The number of nitrogens with zero attached hydrogens (tertiary/aromatic N) is 1. The molecule has 0 amide bonds. The second-order valence-corrected chi connectivity index (χ2v) is 11.1. The molecule has 1 aliphatic rings. The van der Waals surface area contributed by atoms with Gasteiger partial charge in [-0.2, -0.15) is 4.57 Å². The molecule has 0 saturated carbocycles. The second kappa shape index (κ2) is 19.8. The lowest BCUT2D eigenvalue weighted by atomic mass is 10.0. The Kier molecular flexibility index (Phi) is 18.4. The summed E-state index contributed by atoms with van der Waals surface area (Å²) in [6, 6.07) is 0. The Bertz CT molecular complexity index is 635. The quantitative estimate of drug-likeness (QED) is 0.116. The van der Waals surface area contributed by atoms with Crippen LogP contribution in [0.25, 0.3) is 0 Å². The molecule has 1 aromatic heterocycles.